The summed E-state index contributed by atoms with van der Waals surface area (Å²) in [4.78, 5) is 6.46. The van der Waals surface area contributed by atoms with Gasteiger partial charge in [0.05, 0.1) is 6.61 Å². The first-order valence-corrected chi connectivity index (χ1v) is 6.69. The lowest BCUT2D eigenvalue weighted by molar-refractivity contribution is 0.328. The predicted molar refractivity (Wildman–Crippen MR) is 80.1 cm³/mol. The van der Waals surface area contributed by atoms with Crippen LogP contribution in [-0.4, -0.2) is 35.6 Å². The van der Waals surface area contributed by atoms with Gasteiger partial charge in [0.1, 0.15) is 0 Å². The van der Waals surface area contributed by atoms with E-state index in [4.69, 9.17) is 17.0 Å². The van der Waals surface area contributed by atoms with Crippen molar-refractivity contribution < 1.29 is 4.74 Å². The van der Waals surface area contributed by atoms with Gasteiger partial charge in [-0.05, 0) is 45.1 Å². The maximum Gasteiger partial charge on any atom is 0.223 e. The van der Waals surface area contributed by atoms with Gasteiger partial charge in [-0.25, -0.2) is 0 Å². The Labute approximate surface area is 114 Å². The first-order chi connectivity index (χ1) is 8.72. The van der Waals surface area contributed by atoms with Crippen LogP contribution in [-0.2, 0) is 4.74 Å². The van der Waals surface area contributed by atoms with Crippen molar-refractivity contribution in [2.24, 2.45) is 4.99 Å². The molecule has 0 fully saturated rings. The molecule has 0 aliphatic carbocycles. The molecule has 1 rings (SSSR count). The van der Waals surface area contributed by atoms with Crippen molar-refractivity contribution in [3.8, 4) is 0 Å². The Morgan fingerprint density at radius 3 is 2.28 bits per heavy atom. The third kappa shape index (κ3) is 4.11. The van der Waals surface area contributed by atoms with Crippen molar-refractivity contribution in [2.75, 3.05) is 19.7 Å². The minimum atomic E-state index is 0.576. The lowest BCUT2D eigenvalue weighted by atomic mass is 10.2. The summed E-state index contributed by atoms with van der Waals surface area (Å²) in [5.74, 6) is 0.593. The van der Waals surface area contributed by atoms with E-state index in [2.05, 4.69) is 18.8 Å². The van der Waals surface area contributed by atoms with Crippen molar-refractivity contribution >= 4 is 23.2 Å². The van der Waals surface area contributed by atoms with Crippen LogP contribution in [0.25, 0.3) is 0 Å². The lowest BCUT2D eigenvalue weighted by Gasteiger charge is -2.19. The van der Waals surface area contributed by atoms with Gasteiger partial charge in [-0.2, -0.15) is 4.99 Å². The molecule has 98 valence electrons. The standard InChI is InChI=1S/C14H20N2OS/c1-4-16(5-2)14(18)15-13(17-6-3)12-10-8-7-9-11-12/h7-11H,4-6H2,1-3H3. The maximum atomic E-state index is 5.57. The Bertz CT molecular complexity index is 400. The van der Waals surface area contributed by atoms with Crippen LogP contribution in [0.1, 0.15) is 26.3 Å². The van der Waals surface area contributed by atoms with E-state index in [-0.39, 0.29) is 0 Å². The second-order valence-electron chi connectivity index (χ2n) is 3.67. The molecule has 0 aliphatic rings. The van der Waals surface area contributed by atoms with Gasteiger partial charge in [-0.1, -0.05) is 18.2 Å². The fraction of sp³-hybridized carbons (Fsp3) is 0.429. The average molecular weight is 264 g/mol. The summed E-state index contributed by atoms with van der Waals surface area (Å²) in [5.41, 5.74) is 0.953. The van der Waals surface area contributed by atoms with Gasteiger partial charge in [-0.15, -0.1) is 0 Å². The van der Waals surface area contributed by atoms with Gasteiger partial charge in [0, 0.05) is 18.7 Å². The first-order valence-electron chi connectivity index (χ1n) is 6.28. The zero-order valence-corrected chi connectivity index (χ0v) is 12.0. The molecule has 0 spiro atoms. The number of nitrogens with zero attached hydrogens (tertiary/aromatic N) is 2. The number of thiocarbonyl (C=S) groups is 1. The molecule has 18 heavy (non-hydrogen) atoms. The molecule has 0 aromatic heterocycles. The number of aliphatic imine (C=N–C) groups is 1. The number of hydrogen-bond donors (Lipinski definition) is 0. The Balaban J connectivity index is 2.94. The zero-order valence-electron chi connectivity index (χ0n) is 11.2. The molecule has 1 aromatic rings. The molecule has 0 bridgehead atoms. The quantitative estimate of drug-likeness (QED) is 0.474. The molecular weight excluding hydrogens is 244 g/mol. The van der Waals surface area contributed by atoms with Gasteiger partial charge in [0.15, 0.2) is 5.11 Å². The molecule has 0 saturated carbocycles. The Morgan fingerprint density at radius 1 is 1.17 bits per heavy atom. The summed E-state index contributed by atoms with van der Waals surface area (Å²) < 4.78 is 5.57. The zero-order chi connectivity index (χ0) is 13.4. The molecule has 0 unspecified atom stereocenters. The number of ether oxygens (including phenoxy) is 1. The SMILES string of the molecule is CCOC(=NC(=S)N(CC)CC)c1ccccc1. The maximum absolute atomic E-state index is 5.57. The van der Waals surface area contributed by atoms with Crippen LogP contribution >= 0.6 is 12.2 Å². The van der Waals surface area contributed by atoms with E-state index in [1.165, 1.54) is 0 Å². The summed E-state index contributed by atoms with van der Waals surface area (Å²) in [5, 5.41) is 0.576. The van der Waals surface area contributed by atoms with Gasteiger partial charge in [0.25, 0.3) is 0 Å². The van der Waals surface area contributed by atoms with Gasteiger partial charge >= 0.3 is 0 Å². The Morgan fingerprint density at radius 2 is 1.78 bits per heavy atom. The molecule has 0 saturated heterocycles. The van der Waals surface area contributed by atoms with E-state index in [9.17, 15) is 0 Å². The molecule has 0 amide bonds. The van der Waals surface area contributed by atoms with Crippen LogP contribution in [0.4, 0.5) is 0 Å². The monoisotopic (exact) mass is 264 g/mol. The third-order valence-corrected chi connectivity index (χ3v) is 2.88. The highest BCUT2D eigenvalue weighted by atomic mass is 32.1. The second-order valence-corrected chi connectivity index (χ2v) is 4.04. The van der Waals surface area contributed by atoms with E-state index in [1.807, 2.05) is 42.2 Å². The largest absolute Gasteiger partial charge is 0.477 e. The summed E-state index contributed by atoms with van der Waals surface area (Å²) >= 11 is 5.32. The molecule has 4 heteroatoms. The van der Waals surface area contributed by atoms with Crippen LogP contribution in [0.2, 0.25) is 0 Å². The van der Waals surface area contributed by atoms with Gasteiger partial charge in [0.2, 0.25) is 5.90 Å². The van der Waals surface area contributed by atoms with Crippen LogP contribution < -0.4 is 0 Å². The van der Waals surface area contributed by atoms with E-state index in [0.29, 0.717) is 17.6 Å². The highest BCUT2D eigenvalue weighted by Gasteiger charge is 2.08. The normalized spacial score (nSPS) is 11.2. The van der Waals surface area contributed by atoms with Crippen LogP contribution in [0.15, 0.2) is 35.3 Å². The fourth-order valence-corrected chi connectivity index (χ4v) is 1.89. The summed E-state index contributed by atoms with van der Waals surface area (Å²) in [6.07, 6.45) is 0. The lowest BCUT2D eigenvalue weighted by Crippen LogP contribution is -2.28. The van der Waals surface area contributed by atoms with Crippen molar-refractivity contribution in [3.05, 3.63) is 35.9 Å². The molecule has 1 aromatic carbocycles. The molecule has 0 N–H and O–H groups in total. The fourth-order valence-electron chi connectivity index (χ4n) is 1.55. The molecule has 0 radical (unpaired) electrons. The molecule has 3 nitrogen and oxygen atoms in total. The van der Waals surface area contributed by atoms with E-state index in [0.717, 1.165) is 18.7 Å². The summed E-state index contributed by atoms with van der Waals surface area (Å²) in [6, 6.07) is 9.84. The summed E-state index contributed by atoms with van der Waals surface area (Å²) in [7, 11) is 0. The topological polar surface area (TPSA) is 24.8 Å². The van der Waals surface area contributed by atoms with Gasteiger partial charge < -0.3 is 9.64 Å². The number of benzene rings is 1. The van der Waals surface area contributed by atoms with E-state index >= 15 is 0 Å². The number of hydrogen-bond acceptors (Lipinski definition) is 2. The highest BCUT2D eigenvalue weighted by Crippen LogP contribution is 2.05. The van der Waals surface area contributed by atoms with E-state index in [1.54, 1.807) is 0 Å². The molecular formula is C14H20N2OS. The highest BCUT2D eigenvalue weighted by molar-refractivity contribution is 7.80. The average Bonchev–Trinajstić information content (AvgIpc) is 2.40. The Kier molecular flexibility index (Phi) is 6.36. The third-order valence-electron chi connectivity index (χ3n) is 2.53. The Hall–Kier alpha value is -1.42. The first kappa shape index (κ1) is 14.6. The molecule has 0 heterocycles. The van der Waals surface area contributed by atoms with Crippen molar-refractivity contribution in [1.82, 2.24) is 4.90 Å². The predicted octanol–water partition coefficient (Wildman–Crippen LogP) is 3.10. The van der Waals surface area contributed by atoms with Crippen molar-refractivity contribution in [1.29, 1.82) is 0 Å². The second kappa shape index (κ2) is 7.82. The van der Waals surface area contributed by atoms with Crippen LogP contribution in [0.3, 0.4) is 0 Å². The van der Waals surface area contributed by atoms with Crippen LogP contribution in [0, 0.1) is 0 Å². The number of rotatable bonds is 4. The van der Waals surface area contributed by atoms with Crippen molar-refractivity contribution in [3.63, 3.8) is 0 Å². The molecule has 0 aliphatic heterocycles. The van der Waals surface area contributed by atoms with Gasteiger partial charge in [-0.3, -0.25) is 0 Å². The minimum absolute atomic E-state index is 0.576. The van der Waals surface area contributed by atoms with Crippen LogP contribution in [0.5, 0.6) is 0 Å². The summed E-state index contributed by atoms with van der Waals surface area (Å²) in [6.45, 7) is 8.36. The van der Waals surface area contributed by atoms with E-state index < -0.39 is 0 Å². The smallest absolute Gasteiger partial charge is 0.223 e. The minimum Gasteiger partial charge on any atom is -0.477 e. The van der Waals surface area contributed by atoms with Crippen molar-refractivity contribution in [2.45, 2.75) is 20.8 Å². The molecule has 0 atom stereocenters.